The number of imidazole rings is 1. The monoisotopic (exact) mass is 237 g/mol. The zero-order chi connectivity index (χ0) is 12.7. The van der Waals surface area contributed by atoms with Gasteiger partial charge in [0.05, 0.1) is 0 Å². The lowest BCUT2D eigenvalue weighted by Crippen LogP contribution is -2.12. The smallest absolute Gasteiger partial charge is 0.198 e. The summed E-state index contributed by atoms with van der Waals surface area (Å²) < 4.78 is 1.94. The third kappa shape index (κ3) is 4.30. The molecule has 0 spiro atoms. The highest BCUT2D eigenvalue weighted by molar-refractivity contribution is 5.92. The van der Waals surface area contributed by atoms with Crippen LogP contribution in [0, 0.1) is 5.92 Å². The normalized spacial score (nSPS) is 12.6. The summed E-state index contributed by atoms with van der Waals surface area (Å²) in [5, 5.41) is 0. The van der Waals surface area contributed by atoms with Gasteiger partial charge in [-0.05, 0) is 31.7 Å². The van der Waals surface area contributed by atoms with Gasteiger partial charge < -0.3 is 10.3 Å². The highest BCUT2D eigenvalue weighted by Gasteiger charge is 2.13. The second kappa shape index (κ2) is 7.22. The molecule has 0 bridgehead atoms. The molecule has 0 radical (unpaired) electrons. The van der Waals surface area contributed by atoms with Crippen LogP contribution in [0.25, 0.3) is 0 Å². The minimum absolute atomic E-state index is 0.146. The van der Waals surface area contributed by atoms with E-state index in [9.17, 15) is 4.79 Å². The molecule has 1 rings (SSSR count). The number of hydrogen-bond acceptors (Lipinski definition) is 3. The van der Waals surface area contributed by atoms with Crippen molar-refractivity contribution in [2.24, 2.45) is 11.7 Å². The summed E-state index contributed by atoms with van der Waals surface area (Å²) in [6.07, 6.45) is 7.04. The summed E-state index contributed by atoms with van der Waals surface area (Å²) >= 11 is 0. The second-order valence-corrected chi connectivity index (χ2v) is 4.59. The molecule has 1 aromatic heterocycles. The number of carbonyl (C=O) groups excluding carboxylic acids is 1. The number of aryl methyl sites for hydroxylation is 1. The van der Waals surface area contributed by atoms with Gasteiger partial charge in [-0.2, -0.15) is 0 Å². The van der Waals surface area contributed by atoms with Crippen molar-refractivity contribution < 1.29 is 4.79 Å². The van der Waals surface area contributed by atoms with Crippen molar-refractivity contribution in [3.05, 3.63) is 18.2 Å². The Morgan fingerprint density at radius 3 is 2.94 bits per heavy atom. The van der Waals surface area contributed by atoms with E-state index in [2.05, 4.69) is 18.8 Å². The van der Waals surface area contributed by atoms with E-state index in [0.29, 0.717) is 24.7 Å². The maximum atomic E-state index is 12.0. The molecule has 0 saturated heterocycles. The molecule has 17 heavy (non-hydrogen) atoms. The third-order valence-electron chi connectivity index (χ3n) is 2.95. The molecular formula is C13H23N3O. The van der Waals surface area contributed by atoms with Crippen molar-refractivity contribution in [1.82, 2.24) is 9.55 Å². The molecule has 96 valence electrons. The summed E-state index contributed by atoms with van der Waals surface area (Å²) in [6, 6.07) is 0. The van der Waals surface area contributed by atoms with Crippen LogP contribution in [-0.4, -0.2) is 21.9 Å². The zero-order valence-electron chi connectivity index (χ0n) is 10.9. The third-order valence-corrected chi connectivity index (χ3v) is 2.95. The minimum Gasteiger partial charge on any atom is -0.330 e. The van der Waals surface area contributed by atoms with Gasteiger partial charge >= 0.3 is 0 Å². The van der Waals surface area contributed by atoms with Crippen LogP contribution in [-0.2, 0) is 6.54 Å². The van der Waals surface area contributed by atoms with Gasteiger partial charge in [-0.15, -0.1) is 0 Å². The average Bonchev–Trinajstić information content (AvgIpc) is 2.75. The van der Waals surface area contributed by atoms with Crippen LogP contribution in [0.3, 0.4) is 0 Å². The molecule has 1 heterocycles. The maximum Gasteiger partial charge on any atom is 0.198 e. The second-order valence-electron chi connectivity index (χ2n) is 4.59. The topological polar surface area (TPSA) is 60.9 Å². The van der Waals surface area contributed by atoms with Crippen LogP contribution in [0.1, 0.15) is 50.1 Å². The van der Waals surface area contributed by atoms with Gasteiger partial charge in [0.2, 0.25) is 0 Å². The van der Waals surface area contributed by atoms with Crippen LogP contribution >= 0.6 is 0 Å². The fourth-order valence-corrected chi connectivity index (χ4v) is 1.90. The molecule has 1 unspecified atom stereocenters. The summed E-state index contributed by atoms with van der Waals surface area (Å²) in [7, 11) is 0. The van der Waals surface area contributed by atoms with Gasteiger partial charge in [-0.3, -0.25) is 4.79 Å². The highest BCUT2D eigenvalue weighted by atomic mass is 16.1. The summed E-state index contributed by atoms with van der Waals surface area (Å²) in [5.74, 6) is 1.26. The van der Waals surface area contributed by atoms with Crippen molar-refractivity contribution in [1.29, 1.82) is 0 Å². The summed E-state index contributed by atoms with van der Waals surface area (Å²) in [6.45, 7) is 5.79. The van der Waals surface area contributed by atoms with Crippen LogP contribution in [0.4, 0.5) is 0 Å². The van der Waals surface area contributed by atoms with E-state index < -0.39 is 0 Å². The molecule has 0 aliphatic carbocycles. The average molecular weight is 237 g/mol. The molecule has 4 heteroatoms. The van der Waals surface area contributed by atoms with Gasteiger partial charge in [0, 0.05) is 25.4 Å². The molecule has 0 aliphatic heterocycles. The van der Waals surface area contributed by atoms with Crippen molar-refractivity contribution in [3.63, 3.8) is 0 Å². The first-order valence-corrected chi connectivity index (χ1v) is 6.43. The number of ketones is 1. The lowest BCUT2D eigenvalue weighted by atomic mass is 10.00. The van der Waals surface area contributed by atoms with Crippen LogP contribution < -0.4 is 5.73 Å². The number of nitrogens with two attached hydrogens (primary N) is 1. The minimum atomic E-state index is 0.146. The molecule has 2 N–H and O–H groups in total. The largest absolute Gasteiger partial charge is 0.330 e. The zero-order valence-corrected chi connectivity index (χ0v) is 10.9. The molecule has 1 atom stereocenters. The first-order valence-electron chi connectivity index (χ1n) is 6.43. The molecular weight excluding hydrogens is 214 g/mol. The quantitative estimate of drug-likeness (QED) is 0.705. The Kier molecular flexibility index (Phi) is 5.91. The van der Waals surface area contributed by atoms with E-state index in [1.54, 1.807) is 6.20 Å². The fraction of sp³-hybridized carbons (Fsp3) is 0.692. The predicted octanol–water partition coefficient (Wildman–Crippen LogP) is 2.24. The molecule has 0 fully saturated rings. The van der Waals surface area contributed by atoms with E-state index >= 15 is 0 Å². The van der Waals surface area contributed by atoms with Crippen LogP contribution in [0.5, 0.6) is 0 Å². The Morgan fingerprint density at radius 1 is 1.53 bits per heavy atom. The standard InChI is InChI=1S/C13H23N3O/c1-3-9-16-10-8-15-13(16)12(17)5-4-11(2)6-7-14/h8,10-11H,3-7,9,14H2,1-2H3. The van der Waals surface area contributed by atoms with Crippen molar-refractivity contribution >= 4 is 5.78 Å². The van der Waals surface area contributed by atoms with Gasteiger partial charge in [0.15, 0.2) is 11.6 Å². The molecule has 4 nitrogen and oxygen atoms in total. The number of carbonyl (C=O) groups is 1. The fourth-order valence-electron chi connectivity index (χ4n) is 1.90. The van der Waals surface area contributed by atoms with Gasteiger partial charge in [0.25, 0.3) is 0 Å². The van der Waals surface area contributed by atoms with Gasteiger partial charge in [0.1, 0.15) is 0 Å². The lowest BCUT2D eigenvalue weighted by Gasteiger charge is -2.09. The van der Waals surface area contributed by atoms with E-state index in [1.807, 2.05) is 10.8 Å². The Bertz CT molecular complexity index is 346. The molecule has 0 amide bonds. The van der Waals surface area contributed by atoms with Gasteiger partial charge in [-0.25, -0.2) is 4.98 Å². The van der Waals surface area contributed by atoms with E-state index in [1.165, 1.54) is 0 Å². The predicted molar refractivity (Wildman–Crippen MR) is 68.9 cm³/mol. The summed E-state index contributed by atoms with van der Waals surface area (Å²) in [5.41, 5.74) is 5.49. The Labute approximate surface area is 103 Å². The number of rotatable bonds is 8. The molecule has 0 aliphatic rings. The molecule has 0 saturated carbocycles. The number of Topliss-reactive ketones (excluding diaryl/α,β-unsaturated/α-hetero) is 1. The van der Waals surface area contributed by atoms with Crippen LogP contribution in [0.15, 0.2) is 12.4 Å². The van der Waals surface area contributed by atoms with E-state index in [0.717, 1.165) is 25.8 Å². The van der Waals surface area contributed by atoms with E-state index in [4.69, 9.17) is 5.73 Å². The molecule has 0 aromatic carbocycles. The number of hydrogen-bond donors (Lipinski definition) is 1. The molecule has 1 aromatic rings. The maximum absolute atomic E-state index is 12.0. The summed E-state index contributed by atoms with van der Waals surface area (Å²) in [4.78, 5) is 16.1. The SMILES string of the molecule is CCCn1ccnc1C(=O)CCC(C)CCN. The Morgan fingerprint density at radius 2 is 2.29 bits per heavy atom. The van der Waals surface area contributed by atoms with Crippen molar-refractivity contribution in [2.45, 2.75) is 46.1 Å². The van der Waals surface area contributed by atoms with Crippen LogP contribution in [0.2, 0.25) is 0 Å². The first kappa shape index (κ1) is 13.9. The van der Waals surface area contributed by atoms with Gasteiger partial charge in [-0.1, -0.05) is 13.8 Å². The number of aromatic nitrogens is 2. The van der Waals surface area contributed by atoms with Crippen molar-refractivity contribution in [2.75, 3.05) is 6.54 Å². The van der Waals surface area contributed by atoms with Crippen molar-refractivity contribution in [3.8, 4) is 0 Å². The Balaban J connectivity index is 2.49. The first-order chi connectivity index (χ1) is 8.19. The Hall–Kier alpha value is -1.16. The number of nitrogens with zero attached hydrogens (tertiary/aromatic N) is 2. The highest BCUT2D eigenvalue weighted by Crippen LogP contribution is 2.12. The lowest BCUT2D eigenvalue weighted by molar-refractivity contribution is 0.0959. The van der Waals surface area contributed by atoms with E-state index in [-0.39, 0.29) is 5.78 Å².